The molecule has 0 aliphatic carbocycles. The number of hydrogen-bond donors (Lipinski definition) is 1. The Hall–Kier alpha value is -2.36. The van der Waals surface area contributed by atoms with Gasteiger partial charge in [0, 0.05) is 5.69 Å². The Labute approximate surface area is 130 Å². The minimum Gasteiger partial charge on any atom is -0.481 e. The lowest BCUT2D eigenvalue weighted by molar-refractivity contribution is -0.122. The van der Waals surface area contributed by atoms with Gasteiger partial charge in [-0.05, 0) is 48.7 Å². The van der Waals surface area contributed by atoms with Crippen LogP contribution in [0.4, 0.5) is 10.1 Å². The molecule has 2 aromatic carbocycles. The van der Waals surface area contributed by atoms with E-state index >= 15 is 0 Å². The molecule has 1 amide bonds. The molecule has 0 aliphatic heterocycles. The number of carbonyl (C=O) groups excluding carboxylic acids is 1. The highest BCUT2D eigenvalue weighted by Crippen LogP contribution is 2.26. The van der Waals surface area contributed by atoms with Gasteiger partial charge in [-0.1, -0.05) is 32.0 Å². The first-order chi connectivity index (χ1) is 10.5. The van der Waals surface area contributed by atoms with Gasteiger partial charge in [-0.15, -0.1) is 0 Å². The molecule has 0 unspecified atom stereocenters. The van der Waals surface area contributed by atoms with Crippen molar-refractivity contribution in [2.75, 3.05) is 5.32 Å². The first kappa shape index (κ1) is 16.0. The van der Waals surface area contributed by atoms with Gasteiger partial charge >= 0.3 is 0 Å². The van der Waals surface area contributed by atoms with Crippen LogP contribution in [-0.4, -0.2) is 12.0 Å². The summed E-state index contributed by atoms with van der Waals surface area (Å²) in [5.74, 6) is 0.404. The molecule has 1 N–H and O–H groups in total. The number of amides is 1. The summed E-state index contributed by atoms with van der Waals surface area (Å²) in [5.41, 5.74) is 1.60. The number of rotatable bonds is 5. The number of anilines is 1. The minimum atomic E-state index is -0.648. The van der Waals surface area contributed by atoms with Crippen LogP contribution in [0.15, 0.2) is 48.5 Å². The van der Waals surface area contributed by atoms with Crippen LogP contribution < -0.4 is 10.1 Å². The predicted octanol–water partition coefficient (Wildman–Crippen LogP) is 4.36. The number of hydrogen-bond acceptors (Lipinski definition) is 2. The second-order valence-electron chi connectivity index (χ2n) is 5.45. The summed E-state index contributed by atoms with van der Waals surface area (Å²) < 4.78 is 18.6. The summed E-state index contributed by atoms with van der Waals surface area (Å²) in [5, 5.41) is 2.71. The monoisotopic (exact) mass is 301 g/mol. The topological polar surface area (TPSA) is 38.3 Å². The average Bonchev–Trinajstić information content (AvgIpc) is 2.49. The highest BCUT2D eigenvalue weighted by Gasteiger charge is 2.17. The van der Waals surface area contributed by atoms with Crippen molar-refractivity contribution in [2.24, 2.45) is 0 Å². The summed E-state index contributed by atoms with van der Waals surface area (Å²) in [7, 11) is 0. The number of benzene rings is 2. The molecule has 1 atom stereocenters. The van der Waals surface area contributed by atoms with E-state index in [1.165, 1.54) is 24.3 Å². The maximum Gasteiger partial charge on any atom is 0.265 e. The molecule has 3 nitrogen and oxygen atoms in total. The molecule has 0 bridgehead atoms. The van der Waals surface area contributed by atoms with E-state index in [1.807, 2.05) is 24.3 Å². The molecule has 4 heteroatoms. The van der Waals surface area contributed by atoms with Crippen LogP contribution in [0.3, 0.4) is 0 Å². The highest BCUT2D eigenvalue weighted by atomic mass is 19.1. The Morgan fingerprint density at radius 2 is 1.68 bits per heavy atom. The fourth-order valence-corrected chi connectivity index (χ4v) is 2.09. The minimum absolute atomic E-state index is 0.273. The Morgan fingerprint density at radius 3 is 2.32 bits per heavy atom. The zero-order valence-corrected chi connectivity index (χ0v) is 13.0. The molecule has 0 fully saturated rings. The molecule has 2 rings (SSSR count). The highest BCUT2D eigenvalue weighted by molar-refractivity contribution is 5.94. The normalized spacial score (nSPS) is 12.0. The first-order valence-electron chi connectivity index (χ1n) is 7.29. The Bertz CT molecular complexity index is 638. The van der Waals surface area contributed by atoms with Crippen molar-refractivity contribution < 1.29 is 13.9 Å². The second-order valence-corrected chi connectivity index (χ2v) is 5.45. The van der Waals surface area contributed by atoms with Gasteiger partial charge in [0.1, 0.15) is 11.6 Å². The lowest BCUT2D eigenvalue weighted by atomic mass is 10.0. The fraction of sp³-hybridized carbons (Fsp3) is 0.278. The van der Waals surface area contributed by atoms with Crippen LogP contribution >= 0.6 is 0 Å². The van der Waals surface area contributed by atoms with Crippen LogP contribution in [-0.2, 0) is 4.79 Å². The summed E-state index contributed by atoms with van der Waals surface area (Å²) in [4.78, 5) is 12.2. The molecule has 0 radical (unpaired) electrons. The molecule has 0 spiro atoms. The summed E-state index contributed by atoms with van der Waals surface area (Å²) in [6.07, 6.45) is -0.648. The number of halogens is 1. The zero-order valence-electron chi connectivity index (χ0n) is 13.0. The maximum atomic E-state index is 12.9. The van der Waals surface area contributed by atoms with E-state index in [9.17, 15) is 9.18 Å². The molecule has 0 saturated heterocycles. The predicted molar refractivity (Wildman–Crippen MR) is 85.7 cm³/mol. The Kier molecular flexibility index (Phi) is 5.15. The van der Waals surface area contributed by atoms with Crippen LogP contribution in [0.2, 0.25) is 0 Å². The second kappa shape index (κ2) is 7.07. The first-order valence-corrected chi connectivity index (χ1v) is 7.29. The molecule has 0 heterocycles. The third-order valence-electron chi connectivity index (χ3n) is 3.33. The van der Waals surface area contributed by atoms with E-state index < -0.39 is 6.10 Å². The van der Waals surface area contributed by atoms with Gasteiger partial charge in [-0.3, -0.25) is 4.79 Å². The van der Waals surface area contributed by atoms with Gasteiger partial charge in [0.05, 0.1) is 0 Å². The van der Waals surface area contributed by atoms with E-state index in [-0.39, 0.29) is 11.7 Å². The molecule has 0 aliphatic rings. The van der Waals surface area contributed by atoms with E-state index in [1.54, 1.807) is 6.92 Å². The number of para-hydroxylation sites is 1. The number of nitrogens with one attached hydrogen (secondary N) is 1. The quantitative estimate of drug-likeness (QED) is 0.891. The molecule has 22 heavy (non-hydrogen) atoms. The molecule has 0 aromatic heterocycles. The zero-order chi connectivity index (χ0) is 16.1. The van der Waals surface area contributed by atoms with Gasteiger partial charge in [0.15, 0.2) is 6.10 Å². The summed E-state index contributed by atoms with van der Waals surface area (Å²) >= 11 is 0. The van der Waals surface area contributed by atoms with Crippen LogP contribution in [0.5, 0.6) is 5.75 Å². The van der Waals surface area contributed by atoms with Gasteiger partial charge in [-0.2, -0.15) is 0 Å². The van der Waals surface area contributed by atoms with Gasteiger partial charge in [-0.25, -0.2) is 4.39 Å². The van der Waals surface area contributed by atoms with Gasteiger partial charge in [0.2, 0.25) is 0 Å². The van der Waals surface area contributed by atoms with Crippen molar-refractivity contribution in [1.82, 2.24) is 0 Å². The Morgan fingerprint density at radius 1 is 1.05 bits per heavy atom. The van der Waals surface area contributed by atoms with Crippen molar-refractivity contribution in [1.29, 1.82) is 0 Å². The largest absolute Gasteiger partial charge is 0.481 e. The molecule has 0 saturated carbocycles. The maximum absolute atomic E-state index is 12.9. The third-order valence-corrected chi connectivity index (χ3v) is 3.33. The van der Waals surface area contributed by atoms with Crippen LogP contribution in [0.25, 0.3) is 0 Å². The smallest absolute Gasteiger partial charge is 0.265 e. The van der Waals surface area contributed by atoms with Gasteiger partial charge in [0.25, 0.3) is 5.91 Å². The number of carbonyl (C=O) groups is 1. The molecule has 116 valence electrons. The molecule has 2 aromatic rings. The summed E-state index contributed by atoms with van der Waals surface area (Å²) in [6.45, 7) is 5.84. The average molecular weight is 301 g/mol. The lowest BCUT2D eigenvalue weighted by Gasteiger charge is -2.18. The van der Waals surface area contributed by atoms with Gasteiger partial charge < -0.3 is 10.1 Å². The summed E-state index contributed by atoms with van der Waals surface area (Å²) in [6, 6.07) is 13.3. The fourth-order valence-electron chi connectivity index (χ4n) is 2.09. The van der Waals surface area contributed by atoms with Crippen molar-refractivity contribution >= 4 is 11.6 Å². The van der Waals surface area contributed by atoms with Crippen molar-refractivity contribution in [3.05, 3.63) is 59.9 Å². The van der Waals surface area contributed by atoms with E-state index in [2.05, 4.69) is 19.2 Å². The number of ether oxygens (including phenoxy) is 1. The van der Waals surface area contributed by atoms with Crippen molar-refractivity contribution in [3.63, 3.8) is 0 Å². The molecular formula is C18H20FNO2. The van der Waals surface area contributed by atoms with E-state index in [0.717, 1.165) is 5.56 Å². The van der Waals surface area contributed by atoms with E-state index in [4.69, 9.17) is 4.74 Å². The molecular weight excluding hydrogens is 281 g/mol. The standard InChI is InChI=1S/C18H20FNO2/c1-12(2)16-6-4-5-7-17(16)22-13(3)18(21)20-15-10-8-14(19)9-11-15/h4-13H,1-3H3,(H,20,21)/t13-/m0/s1. The van der Waals surface area contributed by atoms with Crippen molar-refractivity contribution in [2.45, 2.75) is 32.8 Å². The third kappa shape index (κ3) is 4.07. The lowest BCUT2D eigenvalue weighted by Crippen LogP contribution is -2.30. The van der Waals surface area contributed by atoms with E-state index in [0.29, 0.717) is 17.4 Å². The Balaban J connectivity index is 2.04. The van der Waals surface area contributed by atoms with Crippen LogP contribution in [0, 0.1) is 5.82 Å². The van der Waals surface area contributed by atoms with Crippen LogP contribution in [0.1, 0.15) is 32.3 Å². The SMILES string of the molecule is CC(C)c1ccccc1O[C@@H](C)C(=O)Nc1ccc(F)cc1. The van der Waals surface area contributed by atoms with Crippen molar-refractivity contribution in [3.8, 4) is 5.75 Å².